The van der Waals surface area contributed by atoms with Gasteiger partial charge in [-0.3, -0.25) is 4.79 Å². The summed E-state index contributed by atoms with van der Waals surface area (Å²) in [6.07, 6.45) is 3.38. The van der Waals surface area contributed by atoms with Gasteiger partial charge in [0.2, 0.25) is 10.0 Å². The Morgan fingerprint density at radius 2 is 1.68 bits per heavy atom. The average Bonchev–Trinajstić information content (AvgIpc) is 3.08. The number of sulfonamides is 1. The van der Waals surface area contributed by atoms with E-state index in [1.807, 2.05) is 12.1 Å². The molecule has 0 bridgehead atoms. The highest BCUT2D eigenvalue weighted by Gasteiger charge is 2.32. The van der Waals surface area contributed by atoms with E-state index in [-0.39, 0.29) is 29.3 Å². The van der Waals surface area contributed by atoms with Crippen LogP contribution in [0.25, 0.3) is 5.65 Å². The predicted molar refractivity (Wildman–Crippen MR) is 118 cm³/mol. The van der Waals surface area contributed by atoms with E-state index in [0.29, 0.717) is 30.0 Å². The van der Waals surface area contributed by atoms with Gasteiger partial charge in [-0.15, -0.1) is 0 Å². The van der Waals surface area contributed by atoms with Crippen molar-refractivity contribution in [3.8, 4) is 0 Å². The van der Waals surface area contributed by atoms with Crippen LogP contribution in [-0.4, -0.2) is 64.3 Å². The summed E-state index contributed by atoms with van der Waals surface area (Å²) in [6.45, 7) is 9.20. The number of benzene rings is 1. The SMILES string of the molecule is Cc1nn2cccnc2c1C(=O)N1CCN(S(=O)(=O)c2ccc(C(C)(C)C)cc2)CC1. The number of hydrogen-bond acceptors (Lipinski definition) is 5. The van der Waals surface area contributed by atoms with Crippen LogP contribution in [0.1, 0.15) is 42.4 Å². The van der Waals surface area contributed by atoms with Gasteiger partial charge in [0.15, 0.2) is 5.65 Å². The van der Waals surface area contributed by atoms with Crippen molar-refractivity contribution in [2.75, 3.05) is 26.2 Å². The molecular weight excluding hydrogens is 414 g/mol. The van der Waals surface area contributed by atoms with Gasteiger partial charge < -0.3 is 4.90 Å². The van der Waals surface area contributed by atoms with Gasteiger partial charge in [0, 0.05) is 38.6 Å². The molecule has 1 aliphatic heterocycles. The second kappa shape index (κ2) is 7.72. The van der Waals surface area contributed by atoms with Crippen molar-refractivity contribution in [3.63, 3.8) is 0 Å². The van der Waals surface area contributed by atoms with Crippen LogP contribution in [0.3, 0.4) is 0 Å². The smallest absolute Gasteiger partial charge is 0.259 e. The van der Waals surface area contributed by atoms with E-state index < -0.39 is 10.0 Å². The molecule has 9 heteroatoms. The topological polar surface area (TPSA) is 87.9 Å². The number of fused-ring (bicyclic) bond motifs is 1. The lowest BCUT2D eigenvalue weighted by Gasteiger charge is -2.34. The van der Waals surface area contributed by atoms with Gasteiger partial charge in [0.1, 0.15) is 5.56 Å². The van der Waals surface area contributed by atoms with E-state index in [1.165, 1.54) is 4.31 Å². The Morgan fingerprint density at radius 1 is 1.03 bits per heavy atom. The molecule has 2 aromatic heterocycles. The van der Waals surface area contributed by atoms with E-state index in [4.69, 9.17) is 0 Å². The third kappa shape index (κ3) is 3.95. The Balaban J connectivity index is 1.49. The van der Waals surface area contributed by atoms with E-state index in [0.717, 1.165) is 5.56 Å². The summed E-state index contributed by atoms with van der Waals surface area (Å²) in [7, 11) is -3.60. The van der Waals surface area contributed by atoms with Gasteiger partial charge in [-0.2, -0.15) is 9.40 Å². The van der Waals surface area contributed by atoms with Crippen molar-refractivity contribution < 1.29 is 13.2 Å². The fourth-order valence-corrected chi connectivity index (χ4v) is 5.23. The first-order valence-corrected chi connectivity index (χ1v) is 11.7. The number of piperazine rings is 1. The van der Waals surface area contributed by atoms with Crippen LogP contribution in [0.5, 0.6) is 0 Å². The van der Waals surface area contributed by atoms with Crippen LogP contribution in [0.15, 0.2) is 47.6 Å². The molecule has 0 N–H and O–H groups in total. The highest BCUT2D eigenvalue weighted by atomic mass is 32.2. The molecule has 0 saturated carbocycles. The van der Waals surface area contributed by atoms with Gasteiger partial charge in [-0.05, 0) is 36.1 Å². The zero-order valence-corrected chi connectivity index (χ0v) is 19.1. The van der Waals surface area contributed by atoms with Crippen molar-refractivity contribution in [3.05, 3.63) is 59.5 Å². The summed E-state index contributed by atoms with van der Waals surface area (Å²) in [5.41, 5.74) is 2.63. The minimum atomic E-state index is -3.60. The number of rotatable bonds is 3. The van der Waals surface area contributed by atoms with E-state index in [2.05, 4.69) is 30.9 Å². The van der Waals surface area contributed by atoms with Gasteiger partial charge in [0.25, 0.3) is 5.91 Å². The fraction of sp³-hybridized carbons (Fsp3) is 0.409. The maximum Gasteiger partial charge on any atom is 0.259 e. The first-order valence-electron chi connectivity index (χ1n) is 10.3. The largest absolute Gasteiger partial charge is 0.336 e. The first kappa shape index (κ1) is 21.5. The van der Waals surface area contributed by atoms with Gasteiger partial charge >= 0.3 is 0 Å². The minimum Gasteiger partial charge on any atom is -0.336 e. The fourth-order valence-electron chi connectivity index (χ4n) is 3.81. The molecule has 3 aromatic rings. The van der Waals surface area contributed by atoms with Gasteiger partial charge in [-0.1, -0.05) is 32.9 Å². The maximum atomic E-state index is 13.1. The summed E-state index contributed by atoms with van der Waals surface area (Å²) in [4.78, 5) is 19.4. The molecule has 3 heterocycles. The molecule has 8 nitrogen and oxygen atoms in total. The molecule has 0 unspecified atom stereocenters. The minimum absolute atomic E-state index is 0.0423. The molecule has 4 rings (SSSR count). The third-order valence-electron chi connectivity index (χ3n) is 5.67. The van der Waals surface area contributed by atoms with E-state index in [9.17, 15) is 13.2 Å². The summed E-state index contributed by atoms with van der Waals surface area (Å²) in [5, 5.41) is 4.35. The quantitative estimate of drug-likeness (QED) is 0.623. The molecule has 1 amide bonds. The second-order valence-corrected chi connectivity index (χ2v) is 10.8. The molecule has 0 atom stereocenters. The van der Waals surface area contributed by atoms with E-state index >= 15 is 0 Å². The number of carbonyl (C=O) groups excluding carboxylic acids is 1. The molecule has 0 radical (unpaired) electrons. The van der Waals surface area contributed by atoms with Crippen molar-refractivity contribution in [1.29, 1.82) is 0 Å². The van der Waals surface area contributed by atoms with Crippen LogP contribution in [0.4, 0.5) is 0 Å². The molecule has 0 spiro atoms. The first-order chi connectivity index (χ1) is 14.6. The second-order valence-electron chi connectivity index (χ2n) is 8.82. The Morgan fingerprint density at radius 3 is 2.29 bits per heavy atom. The monoisotopic (exact) mass is 441 g/mol. The van der Waals surface area contributed by atoms with Crippen LogP contribution in [0.2, 0.25) is 0 Å². The molecule has 0 aliphatic carbocycles. The highest BCUT2D eigenvalue weighted by Crippen LogP contribution is 2.25. The molecule has 1 aromatic carbocycles. The van der Waals surface area contributed by atoms with Crippen molar-refractivity contribution in [2.24, 2.45) is 0 Å². The number of nitrogens with zero attached hydrogens (tertiary/aromatic N) is 5. The Labute approximate surface area is 182 Å². The van der Waals surface area contributed by atoms with Gasteiger partial charge in [0.05, 0.1) is 10.6 Å². The normalized spacial score (nSPS) is 16.1. The zero-order valence-electron chi connectivity index (χ0n) is 18.2. The lowest BCUT2D eigenvalue weighted by Crippen LogP contribution is -2.50. The molecule has 164 valence electrons. The van der Waals surface area contributed by atoms with Crippen LogP contribution in [-0.2, 0) is 15.4 Å². The lowest BCUT2D eigenvalue weighted by molar-refractivity contribution is 0.0699. The Kier molecular flexibility index (Phi) is 5.35. The van der Waals surface area contributed by atoms with Crippen LogP contribution < -0.4 is 0 Å². The summed E-state index contributed by atoms with van der Waals surface area (Å²) in [6, 6.07) is 8.83. The molecule has 1 fully saturated rings. The number of hydrogen-bond donors (Lipinski definition) is 0. The molecule has 31 heavy (non-hydrogen) atoms. The zero-order chi connectivity index (χ0) is 22.4. The van der Waals surface area contributed by atoms with Crippen molar-refractivity contribution in [1.82, 2.24) is 23.8 Å². The van der Waals surface area contributed by atoms with Gasteiger partial charge in [-0.25, -0.2) is 17.9 Å². The van der Waals surface area contributed by atoms with Crippen LogP contribution >= 0.6 is 0 Å². The summed E-state index contributed by atoms with van der Waals surface area (Å²) < 4.78 is 29.2. The molecule has 1 saturated heterocycles. The number of aromatic nitrogens is 3. The van der Waals surface area contributed by atoms with Crippen molar-refractivity contribution in [2.45, 2.75) is 38.0 Å². The standard InChI is InChI=1S/C22H27N5O3S/c1-16-19(20-23-10-5-11-27(20)24-16)21(28)25-12-14-26(15-13-25)31(29,30)18-8-6-17(7-9-18)22(2,3)4/h5-11H,12-15H2,1-4H3. The summed E-state index contributed by atoms with van der Waals surface area (Å²) >= 11 is 0. The van der Waals surface area contributed by atoms with Crippen molar-refractivity contribution >= 4 is 21.6 Å². The Hall–Kier alpha value is -2.78. The molecular formula is C22H27N5O3S. The third-order valence-corrected chi connectivity index (χ3v) is 7.58. The number of aryl methyl sites for hydroxylation is 1. The number of amides is 1. The Bertz CT molecular complexity index is 1220. The number of carbonyl (C=O) groups is 1. The predicted octanol–water partition coefficient (Wildman–Crippen LogP) is 2.48. The van der Waals surface area contributed by atoms with Crippen LogP contribution in [0, 0.1) is 6.92 Å². The maximum absolute atomic E-state index is 13.1. The lowest BCUT2D eigenvalue weighted by atomic mass is 9.87. The summed E-state index contributed by atoms with van der Waals surface area (Å²) in [5.74, 6) is -0.169. The average molecular weight is 442 g/mol. The van der Waals surface area contributed by atoms with E-state index in [1.54, 1.807) is 46.9 Å². The highest BCUT2D eigenvalue weighted by molar-refractivity contribution is 7.89. The molecule has 1 aliphatic rings.